The molecule has 0 spiro atoms. The molecular formula is C31H22N4O3S3. The molecule has 0 aliphatic carbocycles. The third kappa shape index (κ3) is 5.28. The minimum atomic E-state index is -1.20. The van der Waals surface area contributed by atoms with Crippen molar-refractivity contribution in [3.8, 4) is 5.75 Å². The number of rotatable bonds is 8. The van der Waals surface area contributed by atoms with Crippen molar-refractivity contribution in [1.29, 1.82) is 0 Å². The number of carbonyl (C=O) groups is 1. The number of thiazole rings is 2. The van der Waals surface area contributed by atoms with Crippen LogP contribution in [0.2, 0.25) is 0 Å². The largest absolute Gasteiger partial charge is 0.419 e. The predicted octanol–water partition coefficient (Wildman–Crippen LogP) is 7.32. The molecule has 4 aromatic carbocycles. The van der Waals surface area contributed by atoms with Crippen LogP contribution in [-0.4, -0.2) is 21.6 Å². The molecular weight excluding hydrogens is 573 g/mol. The number of carbonyl (C=O) groups excluding carboxylic acids is 1. The molecule has 2 heterocycles. The molecule has 0 saturated heterocycles. The first-order chi connectivity index (χ1) is 20.0. The fourth-order valence-electron chi connectivity index (χ4n) is 4.56. The first-order valence-electron chi connectivity index (χ1n) is 12.5. The zero-order chi connectivity index (χ0) is 28.2. The Kier molecular flexibility index (Phi) is 7.43. The molecule has 6 aromatic rings. The van der Waals surface area contributed by atoms with Crippen molar-refractivity contribution in [2.75, 3.05) is 5.73 Å². The Bertz CT molecular complexity index is 1800. The van der Waals surface area contributed by atoms with Gasteiger partial charge in [0.05, 0.1) is 4.70 Å². The summed E-state index contributed by atoms with van der Waals surface area (Å²) in [7, 11) is 0. The van der Waals surface area contributed by atoms with Gasteiger partial charge in [-0.1, -0.05) is 102 Å². The highest BCUT2D eigenvalue weighted by atomic mass is 32.1. The molecule has 6 rings (SSSR count). The standard InChI is InChI=1S/C31H22N4O3S3/c32-29-33-23(19-40-29)26(28(36)37-24-17-10-18-25-27(24)34-30(39)41-25)35-38-31(20-11-4-1-5-12-20,21-13-6-2-7-14-21)22-15-8-3-9-16-22/h1-19H,(H2,32,33)(H,34,39)/b35-26+. The van der Waals surface area contributed by atoms with E-state index < -0.39 is 11.6 Å². The Morgan fingerprint density at radius 1 is 0.854 bits per heavy atom. The smallest absolute Gasteiger partial charge is 0.368 e. The van der Waals surface area contributed by atoms with Crippen molar-refractivity contribution >= 4 is 61.9 Å². The van der Waals surface area contributed by atoms with Gasteiger partial charge in [-0.15, -0.1) is 22.7 Å². The fraction of sp³-hybridized carbons (Fsp3) is 0.0323. The van der Waals surface area contributed by atoms with Crippen molar-refractivity contribution in [3.63, 3.8) is 0 Å². The van der Waals surface area contributed by atoms with Gasteiger partial charge in [0.15, 0.2) is 14.8 Å². The molecule has 0 atom stereocenters. The van der Waals surface area contributed by atoms with Crippen LogP contribution in [0.25, 0.3) is 10.2 Å². The average Bonchev–Trinajstić information content (AvgIpc) is 3.62. The van der Waals surface area contributed by atoms with Crippen LogP contribution in [0.4, 0.5) is 5.13 Å². The summed E-state index contributed by atoms with van der Waals surface area (Å²) in [5.41, 5.74) is 7.95. The number of aromatic nitrogens is 2. The van der Waals surface area contributed by atoms with Crippen molar-refractivity contribution in [2.45, 2.75) is 5.60 Å². The van der Waals surface area contributed by atoms with Crippen molar-refractivity contribution in [2.24, 2.45) is 5.16 Å². The number of nitrogen functional groups attached to an aromatic ring is 1. The molecule has 10 heteroatoms. The minimum absolute atomic E-state index is 0.129. The topological polar surface area (TPSA) is 103 Å². The second-order valence-corrected chi connectivity index (χ2v) is 11.5. The lowest BCUT2D eigenvalue weighted by Gasteiger charge is -2.33. The maximum atomic E-state index is 13.8. The number of nitrogens with zero attached hydrogens (tertiary/aromatic N) is 2. The summed E-state index contributed by atoms with van der Waals surface area (Å²) in [4.78, 5) is 27.7. The maximum absolute atomic E-state index is 13.8. The molecule has 0 bridgehead atoms. The Hall–Kier alpha value is -4.64. The number of ether oxygens (including phenoxy) is 1. The second-order valence-electron chi connectivity index (χ2n) is 8.91. The van der Waals surface area contributed by atoms with Gasteiger partial charge in [0.2, 0.25) is 11.3 Å². The van der Waals surface area contributed by atoms with E-state index in [0.29, 0.717) is 15.2 Å². The number of fused-ring (bicyclic) bond motifs is 1. The molecule has 3 N–H and O–H groups in total. The van der Waals surface area contributed by atoms with Gasteiger partial charge in [-0.3, -0.25) is 0 Å². The predicted molar refractivity (Wildman–Crippen MR) is 166 cm³/mol. The van der Waals surface area contributed by atoms with Gasteiger partial charge in [-0.2, -0.15) is 0 Å². The quantitative estimate of drug-likeness (QED) is 0.0478. The number of benzene rings is 4. The molecule has 0 amide bonds. The zero-order valence-electron chi connectivity index (χ0n) is 21.4. The summed E-state index contributed by atoms with van der Waals surface area (Å²) in [5, 5.41) is 6.42. The van der Waals surface area contributed by atoms with Gasteiger partial charge in [-0.25, -0.2) is 9.78 Å². The summed E-state index contributed by atoms with van der Waals surface area (Å²) in [5.74, 6) is -0.437. The zero-order valence-corrected chi connectivity index (χ0v) is 23.8. The summed E-state index contributed by atoms with van der Waals surface area (Å²) in [6, 6.07) is 34.6. The van der Waals surface area contributed by atoms with Crippen LogP contribution in [-0.2, 0) is 15.2 Å². The summed E-state index contributed by atoms with van der Waals surface area (Å²) >= 11 is 7.88. The maximum Gasteiger partial charge on any atom is 0.368 e. The SMILES string of the molecule is Nc1nc(/C(=N\OC(c2ccccc2)(c2ccccc2)c2ccccc2)C(=O)Oc2cccc3sc(=S)[nH]c23)cs1. The van der Waals surface area contributed by atoms with Crippen LogP contribution < -0.4 is 10.5 Å². The molecule has 7 nitrogen and oxygen atoms in total. The van der Waals surface area contributed by atoms with Gasteiger partial charge in [-0.05, 0) is 24.4 Å². The molecule has 202 valence electrons. The Balaban J connectivity index is 1.50. The summed E-state index contributed by atoms with van der Waals surface area (Å²) in [6.07, 6.45) is 0. The van der Waals surface area contributed by atoms with E-state index in [2.05, 4.69) is 15.1 Å². The molecule has 0 aliphatic heterocycles. The highest BCUT2D eigenvalue weighted by molar-refractivity contribution is 7.73. The number of hydrogen-bond acceptors (Lipinski definition) is 9. The van der Waals surface area contributed by atoms with Crippen molar-refractivity contribution in [1.82, 2.24) is 9.97 Å². The van der Waals surface area contributed by atoms with Crippen molar-refractivity contribution in [3.05, 3.63) is 141 Å². The van der Waals surface area contributed by atoms with Crippen molar-refractivity contribution < 1.29 is 14.4 Å². The van der Waals surface area contributed by atoms with Gasteiger partial charge in [0.1, 0.15) is 11.2 Å². The van der Waals surface area contributed by atoms with E-state index in [1.54, 1.807) is 17.5 Å². The number of esters is 1. The normalized spacial score (nSPS) is 11.9. The number of nitrogens with two attached hydrogens (primary N) is 1. The van der Waals surface area contributed by atoms with E-state index in [-0.39, 0.29) is 16.5 Å². The summed E-state index contributed by atoms with van der Waals surface area (Å²) in [6.45, 7) is 0. The van der Waals surface area contributed by atoms with Gasteiger partial charge >= 0.3 is 5.97 Å². The molecule has 2 aromatic heterocycles. The van der Waals surface area contributed by atoms with Crippen LogP contribution >= 0.6 is 34.9 Å². The molecule has 0 saturated carbocycles. The number of para-hydroxylation sites is 1. The van der Waals surface area contributed by atoms with E-state index >= 15 is 0 Å². The lowest BCUT2D eigenvalue weighted by molar-refractivity contribution is -0.127. The fourth-order valence-corrected chi connectivity index (χ4v) is 6.23. The van der Waals surface area contributed by atoms with Crippen LogP contribution in [0, 0.1) is 3.95 Å². The average molecular weight is 595 g/mol. The van der Waals surface area contributed by atoms with Gasteiger partial charge in [0, 0.05) is 22.1 Å². The van der Waals surface area contributed by atoms with Crippen LogP contribution in [0.5, 0.6) is 5.75 Å². The highest BCUT2D eigenvalue weighted by Gasteiger charge is 2.40. The van der Waals surface area contributed by atoms with E-state index in [1.807, 2.05) is 97.1 Å². The minimum Gasteiger partial charge on any atom is -0.419 e. The molecule has 0 aliphatic rings. The number of nitrogens with one attached hydrogen (secondary N) is 1. The lowest BCUT2D eigenvalue weighted by Crippen LogP contribution is -2.33. The lowest BCUT2D eigenvalue weighted by atomic mass is 9.80. The van der Waals surface area contributed by atoms with E-state index in [1.165, 1.54) is 22.7 Å². The number of anilines is 1. The third-order valence-electron chi connectivity index (χ3n) is 6.39. The molecule has 0 unspecified atom stereocenters. The number of oxime groups is 1. The first kappa shape index (κ1) is 26.6. The number of H-pyrrole nitrogens is 1. The van der Waals surface area contributed by atoms with E-state index in [9.17, 15) is 4.79 Å². The molecule has 41 heavy (non-hydrogen) atoms. The van der Waals surface area contributed by atoms with Crippen LogP contribution in [0.15, 0.2) is 120 Å². The highest BCUT2D eigenvalue weighted by Crippen LogP contribution is 2.41. The number of aromatic amines is 1. The van der Waals surface area contributed by atoms with Crippen LogP contribution in [0.1, 0.15) is 22.4 Å². The Labute approximate surface area is 248 Å². The van der Waals surface area contributed by atoms with Gasteiger partial charge in [0.25, 0.3) is 0 Å². The summed E-state index contributed by atoms with van der Waals surface area (Å²) < 4.78 is 7.29. The first-order valence-corrected chi connectivity index (χ1v) is 14.6. The van der Waals surface area contributed by atoms with E-state index in [0.717, 1.165) is 21.4 Å². The van der Waals surface area contributed by atoms with Crippen LogP contribution in [0.3, 0.4) is 0 Å². The Morgan fingerprint density at radius 2 is 1.44 bits per heavy atom. The molecule has 0 radical (unpaired) electrons. The van der Waals surface area contributed by atoms with Gasteiger partial charge < -0.3 is 20.3 Å². The second kappa shape index (κ2) is 11.5. The van der Waals surface area contributed by atoms with E-state index in [4.69, 9.17) is 27.5 Å². The monoisotopic (exact) mass is 594 g/mol. The molecule has 0 fully saturated rings. The third-order valence-corrected chi connectivity index (χ3v) is 8.27. The number of hydrogen-bond donors (Lipinski definition) is 2. The Morgan fingerprint density at radius 3 is 1.98 bits per heavy atom.